The lowest BCUT2D eigenvalue weighted by molar-refractivity contribution is 0.00575. The van der Waals surface area contributed by atoms with E-state index in [2.05, 4.69) is 25.5 Å². The summed E-state index contributed by atoms with van der Waals surface area (Å²) in [7, 11) is 5.99. The summed E-state index contributed by atoms with van der Waals surface area (Å²) in [6.45, 7) is 7.78. The van der Waals surface area contributed by atoms with Crippen molar-refractivity contribution in [2.45, 2.75) is 71.9 Å². The third-order valence-corrected chi connectivity index (χ3v) is 13.9. The van der Waals surface area contributed by atoms with E-state index in [0.29, 0.717) is 107 Å². The zero-order valence-electron chi connectivity index (χ0n) is 47.7. The van der Waals surface area contributed by atoms with Gasteiger partial charge in [-0.3, -0.25) is 14.0 Å². The number of carbonyl (C=O) groups excluding carboxylic acids is 3. The molecule has 446 valence electrons. The Hall–Kier alpha value is -8.25. The number of nitrogens with zero attached hydrogens (tertiary/aromatic N) is 12. The fourth-order valence-electron chi connectivity index (χ4n) is 9.57. The first-order valence-corrected chi connectivity index (χ1v) is 26.9. The van der Waals surface area contributed by atoms with Crippen molar-refractivity contribution in [3.8, 4) is 33.4 Å². The molecule has 0 aliphatic heterocycles. The van der Waals surface area contributed by atoms with Gasteiger partial charge in [0.1, 0.15) is 29.9 Å². The summed E-state index contributed by atoms with van der Waals surface area (Å²) in [6.07, 6.45) is 11.9. The van der Waals surface area contributed by atoms with Gasteiger partial charge in [-0.25, -0.2) is 27.9 Å². The van der Waals surface area contributed by atoms with Gasteiger partial charge in [-0.2, -0.15) is 30.6 Å². The first-order chi connectivity index (χ1) is 40.7. The van der Waals surface area contributed by atoms with Crippen LogP contribution in [0.15, 0.2) is 80.0 Å². The standard InChI is InChI=1S/C57H68N12O15/c1-35-50(28-64(62-35)25-41(70)32-80-13-10-76-4)38-8-9-66-52(16-38)48(21-58-66)56(74)84-31-40-24-69-54(18-45(40)51-29-65(63-36(51)2)26-42(71)33-81-14-11-77-5)49(22-61-69)57(75)83-30-39-23-68-53(47(20-60-68)55(73)79-7)17-44(39)46-19-59-67(37(46)3)27-43(72)34-82-15-12-78-6/h8-9,16-24,28-29,41-43,70-72H,10-15,25-27,30-34H2,1-7H3/t41-,42+,43-/m0/s1. The van der Waals surface area contributed by atoms with E-state index in [1.54, 1.807) is 89.9 Å². The molecule has 84 heavy (non-hydrogen) atoms. The maximum atomic E-state index is 14.4. The molecule has 0 radical (unpaired) electrons. The van der Waals surface area contributed by atoms with Gasteiger partial charge in [0, 0.05) is 85.8 Å². The Balaban J connectivity index is 0.991. The van der Waals surface area contributed by atoms with E-state index in [1.807, 2.05) is 32.2 Å². The molecule has 0 amide bonds. The molecule has 9 rings (SSSR count). The number of hydrogen-bond donors (Lipinski definition) is 3. The van der Waals surface area contributed by atoms with E-state index in [0.717, 1.165) is 11.1 Å². The number of aryl methyl sites for hydroxylation is 2. The molecule has 0 aromatic carbocycles. The zero-order valence-corrected chi connectivity index (χ0v) is 47.7. The van der Waals surface area contributed by atoms with Crippen LogP contribution >= 0.6 is 0 Å². The van der Waals surface area contributed by atoms with E-state index >= 15 is 0 Å². The number of aliphatic hydroxyl groups is 3. The first-order valence-electron chi connectivity index (χ1n) is 26.9. The van der Waals surface area contributed by atoms with E-state index in [9.17, 15) is 29.7 Å². The van der Waals surface area contributed by atoms with Gasteiger partial charge in [0.05, 0.1) is 157 Å². The van der Waals surface area contributed by atoms with E-state index in [4.69, 9.17) is 47.7 Å². The predicted molar refractivity (Wildman–Crippen MR) is 299 cm³/mol. The van der Waals surface area contributed by atoms with E-state index in [-0.39, 0.29) is 69.4 Å². The molecule has 0 saturated heterocycles. The average molecular weight is 1160 g/mol. The maximum absolute atomic E-state index is 14.4. The highest BCUT2D eigenvalue weighted by molar-refractivity contribution is 5.99. The number of carbonyl (C=O) groups is 3. The molecule has 9 heterocycles. The quantitative estimate of drug-likeness (QED) is 0.0317. The molecule has 0 bridgehead atoms. The molecule has 0 saturated carbocycles. The summed E-state index contributed by atoms with van der Waals surface area (Å²) in [4.78, 5) is 41.4. The molecule has 27 heteroatoms. The van der Waals surface area contributed by atoms with Crippen LogP contribution in [0.2, 0.25) is 0 Å². The summed E-state index contributed by atoms with van der Waals surface area (Å²) < 4.78 is 58.3. The van der Waals surface area contributed by atoms with Crippen LogP contribution in [0.5, 0.6) is 0 Å². The Morgan fingerprint density at radius 1 is 0.500 bits per heavy atom. The van der Waals surface area contributed by atoms with Gasteiger partial charge in [-0.15, -0.1) is 0 Å². The third-order valence-electron chi connectivity index (χ3n) is 13.9. The van der Waals surface area contributed by atoms with Crippen LogP contribution < -0.4 is 0 Å². The number of fused-ring (bicyclic) bond motifs is 3. The summed E-state index contributed by atoms with van der Waals surface area (Å²) in [5.41, 5.74) is 8.70. The maximum Gasteiger partial charge on any atom is 0.342 e. The molecule has 3 N–H and O–H groups in total. The largest absolute Gasteiger partial charge is 0.465 e. The molecule has 3 atom stereocenters. The predicted octanol–water partition coefficient (Wildman–Crippen LogP) is 3.72. The van der Waals surface area contributed by atoms with Crippen molar-refractivity contribution >= 4 is 34.5 Å². The summed E-state index contributed by atoms with van der Waals surface area (Å²) in [5.74, 6) is -1.98. The van der Waals surface area contributed by atoms with E-state index in [1.165, 1.54) is 34.7 Å². The molecule has 27 nitrogen and oxygen atoms in total. The second-order valence-electron chi connectivity index (χ2n) is 19.8. The summed E-state index contributed by atoms with van der Waals surface area (Å²) in [5, 5.41) is 59.5. The van der Waals surface area contributed by atoms with Gasteiger partial charge in [0.25, 0.3) is 0 Å². The van der Waals surface area contributed by atoms with Gasteiger partial charge in [0.15, 0.2) is 0 Å². The molecule has 0 unspecified atom stereocenters. The average Bonchev–Trinajstić information content (AvgIpc) is 4.54. The van der Waals surface area contributed by atoms with Crippen molar-refractivity contribution in [2.75, 3.05) is 87.9 Å². The number of pyridine rings is 3. The number of aromatic nitrogens is 12. The molecule has 0 spiro atoms. The Bertz CT molecular complexity index is 3730. The molecular formula is C57H68N12O15. The van der Waals surface area contributed by atoms with Crippen LogP contribution in [0.4, 0.5) is 0 Å². The van der Waals surface area contributed by atoms with Gasteiger partial charge in [-0.1, -0.05) is 0 Å². The van der Waals surface area contributed by atoms with Crippen molar-refractivity contribution < 1.29 is 72.3 Å². The summed E-state index contributed by atoms with van der Waals surface area (Å²) in [6, 6.07) is 7.17. The lowest BCUT2D eigenvalue weighted by Crippen LogP contribution is -2.24. The van der Waals surface area contributed by atoms with Crippen molar-refractivity contribution in [3.05, 3.63) is 125 Å². The third kappa shape index (κ3) is 14.0. The second-order valence-corrected chi connectivity index (χ2v) is 19.8. The molecular weight excluding hydrogens is 1090 g/mol. The van der Waals surface area contributed by atoms with Gasteiger partial charge >= 0.3 is 17.9 Å². The SMILES string of the molecule is COCCOC[C@@H](O)Cn1cc(-c2ccn3ncc(C(=O)OCc4cn5ncc(C(=O)OCc6cn7ncc(C(=O)OC)c7cc6-c6cnn(C[C@H](O)COCCOC)c6C)c5cc4-c4cn(C[C@@H](O)COCCOC)nc4C)c3c2)c(C)n1. The van der Waals surface area contributed by atoms with Crippen LogP contribution in [0.1, 0.15) is 59.3 Å². The lowest BCUT2D eigenvalue weighted by Gasteiger charge is -2.14. The minimum absolute atomic E-state index is 0.0431. The van der Waals surface area contributed by atoms with Crippen LogP contribution in [0.25, 0.3) is 49.9 Å². The van der Waals surface area contributed by atoms with Crippen molar-refractivity contribution in [3.63, 3.8) is 0 Å². The minimum Gasteiger partial charge on any atom is -0.465 e. The fourth-order valence-corrected chi connectivity index (χ4v) is 9.57. The van der Waals surface area contributed by atoms with Crippen LogP contribution in [-0.2, 0) is 75.5 Å². The Kier molecular flexibility index (Phi) is 20.0. The van der Waals surface area contributed by atoms with Gasteiger partial charge in [0.2, 0.25) is 0 Å². The monoisotopic (exact) mass is 1160 g/mol. The summed E-state index contributed by atoms with van der Waals surface area (Å²) >= 11 is 0. The molecule has 9 aromatic heterocycles. The molecule has 9 aromatic rings. The normalized spacial score (nSPS) is 12.9. The smallest absolute Gasteiger partial charge is 0.342 e. The molecule has 0 fully saturated rings. The number of aliphatic hydroxyl groups excluding tert-OH is 3. The number of esters is 3. The highest BCUT2D eigenvalue weighted by atomic mass is 16.5. The fraction of sp³-hybridized carbons (Fsp3) is 0.421. The van der Waals surface area contributed by atoms with Crippen molar-refractivity contribution in [1.29, 1.82) is 0 Å². The minimum atomic E-state index is -0.905. The van der Waals surface area contributed by atoms with Crippen LogP contribution in [0.3, 0.4) is 0 Å². The van der Waals surface area contributed by atoms with Crippen LogP contribution in [-0.4, -0.2) is 198 Å². The zero-order chi connectivity index (χ0) is 59.4. The lowest BCUT2D eigenvalue weighted by atomic mass is 10.0. The Labute approximate surface area is 481 Å². The number of rotatable bonds is 31. The topological polar surface area (TPSA) is 300 Å². The Morgan fingerprint density at radius 3 is 1.46 bits per heavy atom. The van der Waals surface area contributed by atoms with Crippen LogP contribution in [0, 0.1) is 20.8 Å². The molecule has 0 aliphatic rings. The van der Waals surface area contributed by atoms with Crippen molar-refractivity contribution in [1.82, 2.24) is 58.2 Å². The number of methoxy groups -OCH3 is 4. The highest BCUT2D eigenvalue weighted by Crippen LogP contribution is 2.34. The van der Waals surface area contributed by atoms with E-state index < -0.39 is 36.2 Å². The second kappa shape index (κ2) is 27.9. The van der Waals surface area contributed by atoms with Gasteiger partial charge in [-0.05, 0) is 61.7 Å². The first kappa shape index (κ1) is 60.3. The molecule has 0 aliphatic carbocycles. The van der Waals surface area contributed by atoms with Gasteiger partial charge < -0.3 is 58.0 Å². The number of hydrogen-bond acceptors (Lipinski definition) is 21. The highest BCUT2D eigenvalue weighted by Gasteiger charge is 2.25. The van der Waals surface area contributed by atoms with Crippen molar-refractivity contribution in [2.24, 2.45) is 0 Å². The number of ether oxygens (including phenoxy) is 9. The Morgan fingerprint density at radius 2 is 0.952 bits per heavy atom.